The van der Waals surface area contributed by atoms with Crippen LogP contribution < -0.4 is 10.5 Å². The summed E-state index contributed by atoms with van der Waals surface area (Å²) >= 11 is 0. The summed E-state index contributed by atoms with van der Waals surface area (Å²) < 4.78 is 6.86. The Morgan fingerprint density at radius 3 is 2.64 bits per heavy atom. The summed E-state index contributed by atoms with van der Waals surface area (Å²) in [5, 5.41) is 8.44. The zero-order valence-corrected chi connectivity index (χ0v) is 12.9. The van der Waals surface area contributed by atoms with Gasteiger partial charge in [-0.25, -0.2) is 0 Å². The van der Waals surface area contributed by atoms with Crippen molar-refractivity contribution in [2.45, 2.75) is 13.8 Å². The maximum atomic E-state index is 6.26. The molecule has 2 N–H and O–H groups in total. The summed E-state index contributed by atoms with van der Waals surface area (Å²) in [4.78, 5) is 0. The molecule has 0 saturated carbocycles. The third-order valence-electron chi connectivity index (χ3n) is 3.64. The Morgan fingerprint density at radius 2 is 1.91 bits per heavy atom. The second-order valence-electron chi connectivity index (χ2n) is 5.25. The highest BCUT2D eigenvalue weighted by atomic mass is 16.5. The first-order valence-corrected chi connectivity index (χ1v) is 7.03. The largest absolute Gasteiger partial charge is 0.497 e. The molecule has 3 aromatic rings. The summed E-state index contributed by atoms with van der Waals surface area (Å²) in [6.45, 7) is 4.11. The molecule has 0 bridgehead atoms. The third-order valence-corrected chi connectivity index (χ3v) is 3.64. The molecule has 0 atom stereocenters. The molecular formula is C17H18N4O. The summed E-state index contributed by atoms with van der Waals surface area (Å²) in [6.07, 6.45) is 0. The van der Waals surface area contributed by atoms with Gasteiger partial charge >= 0.3 is 0 Å². The van der Waals surface area contributed by atoms with Crippen molar-refractivity contribution in [2.75, 3.05) is 12.8 Å². The molecule has 0 aliphatic rings. The number of hydrogen-bond acceptors (Lipinski definition) is 4. The van der Waals surface area contributed by atoms with Crippen molar-refractivity contribution in [3.63, 3.8) is 0 Å². The van der Waals surface area contributed by atoms with E-state index in [0.717, 1.165) is 22.6 Å². The first kappa shape index (κ1) is 14.1. The van der Waals surface area contributed by atoms with Crippen LogP contribution in [0.15, 0.2) is 42.5 Å². The number of aryl methyl sites for hydroxylation is 2. The standard InChI is InChI=1S/C17H18N4O/c1-11-7-8-15(12(2)9-11)16-17(18)21(20-19-16)13-5-4-6-14(10-13)22-3/h4-10H,18H2,1-3H3. The first-order valence-electron chi connectivity index (χ1n) is 7.03. The molecule has 2 aromatic carbocycles. The van der Waals surface area contributed by atoms with E-state index in [2.05, 4.69) is 23.3 Å². The van der Waals surface area contributed by atoms with Gasteiger partial charge in [0.05, 0.1) is 12.8 Å². The number of benzene rings is 2. The molecule has 0 radical (unpaired) electrons. The number of nitrogen functional groups attached to an aromatic ring is 1. The van der Waals surface area contributed by atoms with E-state index in [1.165, 1.54) is 5.56 Å². The number of aromatic nitrogens is 3. The summed E-state index contributed by atoms with van der Waals surface area (Å²) in [6, 6.07) is 13.7. The van der Waals surface area contributed by atoms with Crippen molar-refractivity contribution in [1.82, 2.24) is 15.0 Å². The fourth-order valence-corrected chi connectivity index (χ4v) is 2.49. The molecule has 5 heteroatoms. The third kappa shape index (κ3) is 2.41. The minimum atomic E-state index is 0.514. The van der Waals surface area contributed by atoms with Crippen molar-refractivity contribution in [1.29, 1.82) is 0 Å². The Morgan fingerprint density at radius 1 is 1.09 bits per heavy atom. The molecule has 1 heterocycles. The van der Waals surface area contributed by atoms with E-state index in [9.17, 15) is 0 Å². The van der Waals surface area contributed by atoms with E-state index in [1.807, 2.05) is 43.3 Å². The Hall–Kier alpha value is -2.82. The van der Waals surface area contributed by atoms with Crippen LogP contribution in [0.4, 0.5) is 5.82 Å². The maximum Gasteiger partial charge on any atom is 0.155 e. The fourth-order valence-electron chi connectivity index (χ4n) is 2.49. The van der Waals surface area contributed by atoms with Crippen LogP contribution in [-0.4, -0.2) is 22.1 Å². The highest BCUT2D eigenvalue weighted by Gasteiger charge is 2.15. The number of methoxy groups -OCH3 is 1. The van der Waals surface area contributed by atoms with Crippen LogP contribution >= 0.6 is 0 Å². The van der Waals surface area contributed by atoms with Crippen LogP contribution in [0.2, 0.25) is 0 Å². The molecule has 0 saturated heterocycles. The molecule has 5 nitrogen and oxygen atoms in total. The Kier molecular flexibility index (Phi) is 3.55. The number of anilines is 1. The lowest BCUT2D eigenvalue weighted by atomic mass is 10.0. The zero-order chi connectivity index (χ0) is 15.7. The molecule has 3 rings (SSSR count). The SMILES string of the molecule is COc1cccc(-n2nnc(-c3ccc(C)cc3C)c2N)c1. The Balaban J connectivity index is 2.08. The van der Waals surface area contributed by atoms with E-state index in [0.29, 0.717) is 11.5 Å². The van der Waals surface area contributed by atoms with Gasteiger partial charge in [0.25, 0.3) is 0 Å². The average Bonchev–Trinajstić information content (AvgIpc) is 2.89. The lowest BCUT2D eigenvalue weighted by Crippen LogP contribution is -2.02. The van der Waals surface area contributed by atoms with Crippen molar-refractivity contribution < 1.29 is 4.74 Å². The fraction of sp³-hybridized carbons (Fsp3) is 0.176. The van der Waals surface area contributed by atoms with E-state index in [4.69, 9.17) is 10.5 Å². The van der Waals surface area contributed by atoms with Crippen LogP contribution in [0, 0.1) is 13.8 Å². The van der Waals surface area contributed by atoms with Gasteiger partial charge < -0.3 is 10.5 Å². The maximum absolute atomic E-state index is 6.26. The molecular weight excluding hydrogens is 276 g/mol. The second-order valence-corrected chi connectivity index (χ2v) is 5.25. The lowest BCUT2D eigenvalue weighted by Gasteiger charge is -2.07. The van der Waals surface area contributed by atoms with Crippen molar-refractivity contribution in [3.8, 4) is 22.7 Å². The molecule has 0 unspecified atom stereocenters. The second kappa shape index (κ2) is 5.52. The van der Waals surface area contributed by atoms with E-state index in [1.54, 1.807) is 11.8 Å². The van der Waals surface area contributed by atoms with E-state index >= 15 is 0 Å². The molecule has 1 aromatic heterocycles. The molecule has 112 valence electrons. The number of hydrogen-bond donors (Lipinski definition) is 1. The van der Waals surface area contributed by atoms with Gasteiger partial charge in [0.2, 0.25) is 0 Å². The van der Waals surface area contributed by atoms with Crippen molar-refractivity contribution in [3.05, 3.63) is 53.6 Å². The van der Waals surface area contributed by atoms with Gasteiger partial charge in [-0.15, -0.1) is 5.10 Å². The smallest absolute Gasteiger partial charge is 0.155 e. The van der Waals surface area contributed by atoms with E-state index < -0.39 is 0 Å². The Bertz CT molecular complexity index is 823. The van der Waals surface area contributed by atoms with Gasteiger partial charge in [-0.1, -0.05) is 35.0 Å². The van der Waals surface area contributed by atoms with Gasteiger partial charge in [0.15, 0.2) is 5.82 Å². The van der Waals surface area contributed by atoms with Crippen LogP contribution in [0.25, 0.3) is 16.9 Å². The Labute approximate surface area is 129 Å². The number of nitrogens with two attached hydrogens (primary N) is 1. The summed E-state index contributed by atoms with van der Waals surface area (Å²) in [7, 11) is 1.63. The minimum Gasteiger partial charge on any atom is -0.497 e. The van der Waals surface area contributed by atoms with E-state index in [-0.39, 0.29) is 0 Å². The van der Waals surface area contributed by atoms with Crippen LogP contribution in [0.3, 0.4) is 0 Å². The highest BCUT2D eigenvalue weighted by molar-refractivity contribution is 5.73. The predicted molar refractivity (Wildman–Crippen MR) is 87.2 cm³/mol. The van der Waals surface area contributed by atoms with Gasteiger partial charge in [-0.05, 0) is 31.5 Å². The zero-order valence-electron chi connectivity index (χ0n) is 12.9. The van der Waals surface area contributed by atoms with Gasteiger partial charge in [0.1, 0.15) is 11.4 Å². The monoisotopic (exact) mass is 294 g/mol. The number of ether oxygens (including phenoxy) is 1. The molecule has 0 aliphatic heterocycles. The number of nitrogens with zero attached hydrogens (tertiary/aromatic N) is 3. The van der Waals surface area contributed by atoms with Crippen LogP contribution in [0.1, 0.15) is 11.1 Å². The topological polar surface area (TPSA) is 66.0 Å². The molecule has 22 heavy (non-hydrogen) atoms. The highest BCUT2D eigenvalue weighted by Crippen LogP contribution is 2.29. The molecule has 0 aliphatic carbocycles. The average molecular weight is 294 g/mol. The summed E-state index contributed by atoms with van der Waals surface area (Å²) in [5.41, 5.74) is 11.1. The minimum absolute atomic E-state index is 0.514. The van der Waals surface area contributed by atoms with Gasteiger partial charge in [-0.3, -0.25) is 0 Å². The van der Waals surface area contributed by atoms with Gasteiger partial charge in [-0.2, -0.15) is 4.68 Å². The summed E-state index contributed by atoms with van der Waals surface area (Å²) in [5.74, 6) is 1.26. The lowest BCUT2D eigenvalue weighted by molar-refractivity contribution is 0.414. The van der Waals surface area contributed by atoms with Crippen LogP contribution in [0.5, 0.6) is 5.75 Å². The molecule has 0 spiro atoms. The molecule has 0 fully saturated rings. The van der Waals surface area contributed by atoms with Crippen molar-refractivity contribution in [2.24, 2.45) is 0 Å². The van der Waals surface area contributed by atoms with Crippen LogP contribution in [-0.2, 0) is 0 Å². The van der Waals surface area contributed by atoms with Gasteiger partial charge in [0, 0.05) is 11.6 Å². The normalized spacial score (nSPS) is 10.7. The number of rotatable bonds is 3. The predicted octanol–water partition coefficient (Wildman–Crippen LogP) is 3.14. The molecule has 0 amide bonds. The van der Waals surface area contributed by atoms with Crippen molar-refractivity contribution >= 4 is 5.82 Å². The first-order chi connectivity index (χ1) is 10.6. The quantitative estimate of drug-likeness (QED) is 0.806.